The van der Waals surface area contributed by atoms with Crippen LogP contribution in [-0.4, -0.2) is 37.8 Å². The predicted octanol–water partition coefficient (Wildman–Crippen LogP) is 3.90. The van der Waals surface area contributed by atoms with Crippen LogP contribution in [0.5, 0.6) is 5.75 Å². The molecule has 2 N–H and O–H groups in total. The Morgan fingerprint density at radius 3 is 2.52 bits per heavy atom. The van der Waals surface area contributed by atoms with Crippen LogP contribution < -0.4 is 15.4 Å². The molecule has 1 unspecified atom stereocenters. The van der Waals surface area contributed by atoms with E-state index in [2.05, 4.69) is 67.7 Å². The summed E-state index contributed by atoms with van der Waals surface area (Å²) in [5.74, 6) is 0.885. The molecule has 134 valence electrons. The molecule has 1 atom stereocenters. The van der Waals surface area contributed by atoms with Crippen LogP contribution >= 0.6 is 12.2 Å². The van der Waals surface area contributed by atoms with Crippen molar-refractivity contribution in [2.75, 3.05) is 33.1 Å². The molecule has 0 radical (unpaired) electrons. The van der Waals surface area contributed by atoms with E-state index >= 15 is 0 Å². The summed E-state index contributed by atoms with van der Waals surface area (Å²) in [5, 5.41) is 7.23. The molecule has 4 nitrogen and oxygen atoms in total. The summed E-state index contributed by atoms with van der Waals surface area (Å²) in [4.78, 5) is 2.16. The number of benzene rings is 2. The lowest BCUT2D eigenvalue weighted by Crippen LogP contribution is -2.37. The van der Waals surface area contributed by atoms with Gasteiger partial charge >= 0.3 is 0 Å². The molecule has 0 aromatic heterocycles. The van der Waals surface area contributed by atoms with Gasteiger partial charge in [-0.15, -0.1) is 0 Å². The standard InChI is InChI=1S/C20H27N3OS/c1-14-10-11-17(15(2)12-14)22-20(25)21-13-18(23(3)4)16-8-6-7-9-19(16)24-5/h6-12,18H,13H2,1-5H3,(H2,21,22,25). The van der Waals surface area contributed by atoms with Crippen molar-refractivity contribution >= 4 is 23.0 Å². The van der Waals surface area contributed by atoms with Gasteiger partial charge in [0.25, 0.3) is 0 Å². The average molecular weight is 358 g/mol. The molecule has 0 saturated carbocycles. The van der Waals surface area contributed by atoms with Crippen molar-refractivity contribution in [1.82, 2.24) is 10.2 Å². The van der Waals surface area contributed by atoms with Crippen LogP contribution in [0.4, 0.5) is 5.69 Å². The Labute approximate surface area is 156 Å². The lowest BCUT2D eigenvalue weighted by molar-refractivity contribution is 0.288. The molecule has 0 aliphatic heterocycles. The Hall–Kier alpha value is -2.11. The zero-order valence-electron chi connectivity index (χ0n) is 15.6. The van der Waals surface area contributed by atoms with E-state index in [0.717, 1.165) is 17.0 Å². The molecule has 0 heterocycles. The topological polar surface area (TPSA) is 36.5 Å². The van der Waals surface area contributed by atoms with Crippen molar-refractivity contribution in [2.45, 2.75) is 19.9 Å². The lowest BCUT2D eigenvalue weighted by Gasteiger charge is -2.27. The molecule has 0 spiro atoms. The number of hydrogen-bond acceptors (Lipinski definition) is 3. The van der Waals surface area contributed by atoms with Gasteiger partial charge in [-0.3, -0.25) is 0 Å². The largest absolute Gasteiger partial charge is 0.496 e. The second-order valence-electron chi connectivity index (χ2n) is 6.37. The SMILES string of the molecule is COc1ccccc1C(CNC(=S)Nc1ccc(C)cc1C)N(C)C. The maximum absolute atomic E-state index is 5.50. The van der Waals surface area contributed by atoms with Gasteiger partial charge in [-0.25, -0.2) is 0 Å². The predicted molar refractivity (Wildman–Crippen MR) is 110 cm³/mol. The summed E-state index contributed by atoms with van der Waals surface area (Å²) in [6, 6.07) is 14.5. The van der Waals surface area contributed by atoms with E-state index in [1.54, 1.807) is 7.11 Å². The molecule has 5 heteroatoms. The van der Waals surface area contributed by atoms with Crippen molar-refractivity contribution < 1.29 is 4.74 Å². The number of nitrogens with one attached hydrogen (secondary N) is 2. The number of anilines is 1. The first-order valence-electron chi connectivity index (χ1n) is 8.33. The van der Waals surface area contributed by atoms with Gasteiger partial charge in [0.2, 0.25) is 0 Å². The first-order chi connectivity index (χ1) is 11.9. The maximum atomic E-state index is 5.50. The number of thiocarbonyl (C=S) groups is 1. The summed E-state index contributed by atoms with van der Waals surface area (Å²) in [6.45, 7) is 4.85. The van der Waals surface area contributed by atoms with E-state index in [-0.39, 0.29) is 6.04 Å². The molecule has 0 fully saturated rings. The molecular weight excluding hydrogens is 330 g/mol. The van der Waals surface area contributed by atoms with Crippen molar-refractivity contribution in [2.24, 2.45) is 0 Å². The van der Waals surface area contributed by atoms with Gasteiger partial charge in [0, 0.05) is 17.8 Å². The van der Waals surface area contributed by atoms with Crippen molar-refractivity contribution in [1.29, 1.82) is 0 Å². The van der Waals surface area contributed by atoms with E-state index in [1.807, 2.05) is 18.2 Å². The van der Waals surface area contributed by atoms with Crippen LogP contribution in [0.3, 0.4) is 0 Å². The smallest absolute Gasteiger partial charge is 0.170 e. The summed E-state index contributed by atoms with van der Waals surface area (Å²) in [6.07, 6.45) is 0. The van der Waals surface area contributed by atoms with Gasteiger partial charge in [0.15, 0.2) is 5.11 Å². The van der Waals surface area contributed by atoms with Gasteiger partial charge in [0.1, 0.15) is 5.75 Å². The molecule has 0 bridgehead atoms. The quantitative estimate of drug-likeness (QED) is 0.767. The van der Waals surface area contributed by atoms with Crippen molar-refractivity contribution in [3.63, 3.8) is 0 Å². The highest BCUT2D eigenvalue weighted by atomic mass is 32.1. The van der Waals surface area contributed by atoms with Gasteiger partial charge in [-0.05, 0) is 57.9 Å². The Kier molecular flexibility index (Phi) is 6.79. The van der Waals surface area contributed by atoms with E-state index in [1.165, 1.54) is 11.1 Å². The molecule has 2 aromatic rings. The zero-order chi connectivity index (χ0) is 18.4. The minimum absolute atomic E-state index is 0.148. The first-order valence-corrected chi connectivity index (χ1v) is 8.74. The fourth-order valence-corrected chi connectivity index (χ4v) is 3.02. The third kappa shape index (κ3) is 5.18. The van der Waals surface area contributed by atoms with Gasteiger partial charge in [-0.1, -0.05) is 35.9 Å². The third-order valence-electron chi connectivity index (χ3n) is 4.21. The summed E-state index contributed by atoms with van der Waals surface area (Å²) < 4.78 is 5.50. The van der Waals surface area contributed by atoms with Crippen LogP contribution in [0.1, 0.15) is 22.7 Å². The second kappa shape index (κ2) is 8.83. The minimum Gasteiger partial charge on any atom is -0.496 e. The van der Waals surface area contributed by atoms with Gasteiger partial charge in [-0.2, -0.15) is 0 Å². The molecule has 0 aliphatic carbocycles. The number of likely N-dealkylation sites (N-methyl/N-ethyl adjacent to an activating group) is 1. The van der Waals surface area contributed by atoms with E-state index in [0.29, 0.717) is 11.7 Å². The van der Waals surface area contributed by atoms with Gasteiger partial charge in [0.05, 0.1) is 13.2 Å². The number of nitrogens with zero attached hydrogens (tertiary/aromatic N) is 1. The Balaban J connectivity index is 2.04. The summed E-state index contributed by atoms with van der Waals surface area (Å²) in [7, 11) is 5.81. The minimum atomic E-state index is 0.148. The molecule has 0 aliphatic rings. The highest BCUT2D eigenvalue weighted by Gasteiger charge is 2.18. The number of hydrogen-bond donors (Lipinski definition) is 2. The molecule has 0 amide bonds. The Morgan fingerprint density at radius 2 is 1.88 bits per heavy atom. The Morgan fingerprint density at radius 1 is 1.16 bits per heavy atom. The summed E-state index contributed by atoms with van der Waals surface area (Å²) >= 11 is 5.47. The fraction of sp³-hybridized carbons (Fsp3) is 0.350. The molecule has 0 saturated heterocycles. The van der Waals surface area contributed by atoms with Crippen LogP contribution in [-0.2, 0) is 0 Å². The monoisotopic (exact) mass is 357 g/mol. The highest BCUT2D eigenvalue weighted by molar-refractivity contribution is 7.80. The highest BCUT2D eigenvalue weighted by Crippen LogP contribution is 2.27. The Bertz CT molecular complexity index is 731. The summed E-state index contributed by atoms with van der Waals surface area (Å²) in [5.41, 5.74) is 4.59. The second-order valence-corrected chi connectivity index (χ2v) is 6.78. The van der Waals surface area contributed by atoms with Crippen LogP contribution in [0.15, 0.2) is 42.5 Å². The maximum Gasteiger partial charge on any atom is 0.170 e. The average Bonchev–Trinajstić information content (AvgIpc) is 2.57. The molecule has 2 rings (SSSR count). The number of para-hydroxylation sites is 1. The zero-order valence-corrected chi connectivity index (χ0v) is 16.4. The van der Waals surface area contributed by atoms with E-state index in [4.69, 9.17) is 17.0 Å². The number of rotatable bonds is 6. The normalized spacial score (nSPS) is 11.9. The van der Waals surface area contributed by atoms with Gasteiger partial charge < -0.3 is 20.3 Å². The van der Waals surface area contributed by atoms with Crippen molar-refractivity contribution in [3.8, 4) is 5.75 Å². The van der Waals surface area contributed by atoms with Crippen LogP contribution in [0, 0.1) is 13.8 Å². The van der Waals surface area contributed by atoms with Crippen molar-refractivity contribution in [3.05, 3.63) is 59.2 Å². The van der Waals surface area contributed by atoms with E-state index < -0.39 is 0 Å². The number of aryl methyl sites for hydroxylation is 2. The first kappa shape index (κ1) is 19.2. The lowest BCUT2D eigenvalue weighted by atomic mass is 10.0. The fourth-order valence-electron chi connectivity index (χ4n) is 2.82. The van der Waals surface area contributed by atoms with E-state index in [9.17, 15) is 0 Å². The molecule has 25 heavy (non-hydrogen) atoms. The molecule has 2 aromatic carbocycles. The van der Waals surface area contributed by atoms with Crippen LogP contribution in [0.2, 0.25) is 0 Å². The molecular formula is C20H27N3OS. The van der Waals surface area contributed by atoms with Crippen LogP contribution in [0.25, 0.3) is 0 Å². The number of ether oxygens (including phenoxy) is 1. The third-order valence-corrected chi connectivity index (χ3v) is 4.45. The number of methoxy groups -OCH3 is 1.